The van der Waals surface area contributed by atoms with E-state index in [2.05, 4.69) is 10.1 Å². The van der Waals surface area contributed by atoms with Crippen LogP contribution < -0.4 is 11.1 Å². The molecule has 6 heteroatoms. The van der Waals surface area contributed by atoms with Crippen LogP contribution in [-0.4, -0.2) is 25.5 Å². The Morgan fingerprint density at radius 2 is 2.16 bits per heavy atom. The van der Waals surface area contributed by atoms with Crippen molar-refractivity contribution in [3.8, 4) is 0 Å². The van der Waals surface area contributed by atoms with Gasteiger partial charge in [0.1, 0.15) is 5.82 Å². The molecule has 0 bridgehead atoms. The minimum absolute atomic E-state index is 0.0834. The molecule has 1 amide bonds. The maximum Gasteiger partial charge on any atom is 0.340 e. The van der Waals surface area contributed by atoms with Gasteiger partial charge in [-0.2, -0.15) is 0 Å². The third-order valence-corrected chi connectivity index (χ3v) is 2.54. The first kappa shape index (κ1) is 15.1. The number of nitrogens with one attached hydrogen (secondary N) is 1. The fraction of sp³-hybridized carbons (Fsp3) is 0.385. The van der Waals surface area contributed by atoms with E-state index in [1.165, 1.54) is 19.2 Å². The third kappa shape index (κ3) is 5.05. The van der Waals surface area contributed by atoms with Crippen molar-refractivity contribution < 1.29 is 18.7 Å². The highest BCUT2D eigenvalue weighted by molar-refractivity contribution is 5.89. The summed E-state index contributed by atoms with van der Waals surface area (Å²) in [7, 11) is 1.20. The van der Waals surface area contributed by atoms with Crippen LogP contribution in [0.15, 0.2) is 18.2 Å². The maximum atomic E-state index is 13.6. The lowest BCUT2D eigenvalue weighted by Crippen LogP contribution is -2.18. The molecule has 1 aromatic rings. The molecule has 1 aromatic carbocycles. The van der Waals surface area contributed by atoms with Crippen molar-refractivity contribution in [3.63, 3.8) is 0 Å². The fourth-order valence-electron chi connectivity index (χ4n) is 1.56. The molecule has 0 aliphatic carbocycles. The molecular formula is C13H17FN2O3. The highest BCUT2D eigenvalue weighted by atomic mass is 19.1. The summed E-state index contributed by atoms with van der Waals surface area (Å²) >= 11 is 0. The molecular weight excluding hydrogens is 251 g/mol. The van der Waals surface area contributed by atoms with Gasteiger partial charge < -0.3 is 15.8 Å². The number of rotatable bonds is 7. The fourth-order valence-corrected chi connectivity index (χ4v) is 1.56. The molecule has 0 spiro atoms. The van der Waals surface area contributed by atoms with Crippen LogP contribution in [0.5, 0.6) is 0 Å². The van der Waals surface area contributed by atoms with Gasteiger partial charge in [0.25, 0.3) is 0 Å². The Bertz CT molecular complexity index is 463. The van der Waals surface area contributed by atoms with Gasteiger partial charge in [-0.3, -0.25) is 4.79 Å². The van der Waals surface area contributed by atoms with Crippen molar-refractivity contribution in [3.05, 3.63) is 35.1 Å². The van der Waals surface area contributed by atoms with Crippen LogP contribution in [0.25, 0.3) is 0 Å². The normalized spacial score (nSPS) is 10.2. The lowest BCUT2D eigenvalue weighted by molar-refractivity contribution is -0.118. The number of hydrogen-bond acceptors (Lipinski definition) is 4. The van der Waals surface area contributed by atoms with Gasteiger partial charge in [-0.1, -0.05) is 6.07 Å². The van der Waals surface area contributed by atoms with Crippen LogP contribution in [0.4, 0.5) is 4.39 Å². The summed E-state index contributed by atoms with van der Waals surface area (Å²) in [5.41, 5.74) is 5.63. The van der Waals surface area contributed by atoms with Crippen LogP contribution in [0, 0.1) is 5.82 Å². The van der Waals surface area contributed by atoms with E-state index in [1.54, 1.807) is 6.07 Å². The molecule has 104 valence electrons. The Morgan fingerprint density at radius 3 is 2.74 bits per heavy atom. The van der Waals surface area contributed by atoms with Crippen LogP contribution in [0.1, 0.15) is 28.8 Å². The second-order valence-corrected chi connectivity index (χ2v) is 4.05. The highest BCUT2D eigenvalue weighted by Crippen LogP contribution is 2.11. The van der Waals surface area contributed by atoms with Gasteiger partial charge in [-0.05, 0) is 30.7 Å². The lowest BCUT2D eigenvalue weighted by Gasteiger charge is -2.06. The Hall–Kier alpha value is -1.95. The van der Waals surface area contributed by atoms with Gasteiger partial charge in [0.2, 0.25) is 5.91 Å². The highest BCUT2D eigenvalue weighted by Gasteiger charge is 2.11. The molecule has 0 aliphatic rings. The first-order chi connectivity index (χ1) is 9.04. The number of ether oxygens (including phenoxy) is 1. The van der Waals surface area contributed by atoms with E-state index in [-0.39, 0.29) is 11.5 Å². The van der Waals surface area contributed by atoms with E-state index in [0.29, 0.717) is 31.5 Å². The van der Waals surface area contributed by atoms with E-state index in [9.17, 15) is 14.0 Å². The molecule has 0 saturated heterocycles. The molecule has 0 aromatic heterocycles. The number of esters is 1. The molecule has 0 radical (unpaired) electrons. The summed E-state index contributed by atoms with van der Waals surface area (Å²) in [6.07, 6.45) is 0.959. The van der Waals surface area contributed by atoms with Gasteiger partial charge in [0.15, 0.2) is 0 Å². The number of methoxy groups -OCH3 is 1. The van der Waals surface area contributed by atoms with Crippen LogP contribution in [-0.2, 0) is 16.1 Å². The Labute approximate surface area is 110 Å². The summed E-state index contributed by atoms with van der Waals surface area (Å²) in [5.74, 6) is -1.64. The second kappa shape index (κ2) is 7.48. The summed E-state index contributed by atoms with van der Waals surface area (Å²) in [4.78, 5) is 21.7. The summed E-state index contributed by atoms with van der Waals surface area (Å²) in [6.45, 7) is 1.07. The number of carbonyl (C=O) groups is 2. The van der Waals surface area contributed by atoms with E-state index in [4.69, 9.17) is 5.73 Å². The number of nitrogens with two attached hydrogens (primary N) is 1. The number of halogens is 1. The minimum Gasteiger partial charge on any atom is -0.465 e. The first-order valence-corrected chi connectivity index (χ1v) is 5.90. The SMILES string of the molecule is COC(=O)c1ccc(CNCCCC(N)=O)cc1F. The van der Waals surface area contributed by atoms with E-state index >= 15 is 0 Å². The molecule has 0 aliphatic heterocycles. The molecule has 5 nitrogen and oxygen atoms in total. The summed E-state index contributed by atoms with van der Waals surface area (Å²) < 4.78 is 18.0. The topological polar surface area (TPSA) is 81.4 Å². The Balaban J connectivity index is 2.45. The van der Waals surface area contributed by atoms with E-state index in [1.807, 2.05) is 0 Å². The van der Waals surface area contributed by atoms with Crippen LogP contribution in [0.3, 0.4) is 0 Å². The molecule has 0 heterocycles. The summed E-state index contributed by atoms with van der Waals surface area (Å²) in [5, 5.41) is 3.06. The largest absolute Gasteiger partial charge is 0.465 e. The smallest absolute Gasteiger partial charge is 0.340 e. The van der Waals surface area contributed by atoms with Crippen LogP contribution in [0.2, 0.25) is 0 Å². The zero-order valence-electron chi connectivity index (χ0n) is 10.7. The predicted molar refractivity (Wildman–Crippen MR) is 67.9 cm³/mol. The Morgan fingerprint density at radius 1 is 1.42 bits per heavy atom. The zero-order valence-corrected chi connectivity index (χ0v) is 10.7. The van der Waals surface area contributed by atoms with Crippen molar-refractivity contribution in [1.29, 1.82) is 0 Å². The minimum atomic E-state index is -0.696. The number of benzene rings is 1. The van der Waals surface area contributed by atoms with Crippen molar-refractivity contribution in [2.75, 3.05) is 13.7 Å². The number of primary amides is 1. The van der Waals surface area contributed by atoms with Crippen LogP contribution >= 0.6 is 0 Å². The zero-order chi connectivity index (χ0) is 14.3. The molecule has 0 saturated carbocycles. The Kier molecular flexibility index (Phi) is 5.95. The standard InChI is InChI=1S/C13H17FN2O3/c1-19-13(18)10-5-4-9(7-11(10)14)8-16-6-2-3-12(15)17/h4-5,7,16H,2-3,6,8H2,1H3,(H2,15,17). The third-order valence-electron chi connectivity index (χ3n) is 2.54. The van der Waals surface area contributed by atoms with Crippen molar-refractivity contribution in [1.82, 2.24) is 5.32 Å². The van der Waals surface area contributed by atoms with Gasteiger partial charge in [-0.25, -0.2) is 9.18 Å². The molecule has 1 rings (SSSR count). The van der Waals surface area contributed by atoms with Crippen molar-refractivity contribution >= 4 is 11.9 Å². The number of amides is 1. The van der Waals surface area contributed by atoms with Gasteiger partial charge >= 0.3 is 5.97 Å². The molecule has 0 atom stereocenters. The number of carbonyl (C=O) groups excluding carboxylic acids is 2. The van der Waals surface area contributed by atoms with Crippen molar-refractivity contribution in [2.45, 2.75) is 19.4 Å². The maximum absolute atomic E-state index is 13.6. The average Bonchev–Trinajstić information content (AvgIpc) is 2.37. The molecule has 3 N–H and O–H groups in total. The molecule has 0 fully saturated rings. The van der Waals surface area contributed by atoms with Gasteiger partial charge in [0.05, 0.1) is 12.7 Å². The summed E-state index contributed by atoms with van der Waals surface area (Å²) in [6, 6.07) is 4.32. The second-order valence-electron chi connectivity index (χ2n) is 4.05. The monoisotopic (exact) mass is 268 g/mol. The van der Waals surface area contributed by atoms with E-state index in [0.717, 1.165) is 0 Å². The quantitative estimate of drug-likeness (QED) is 0.570. The lowest BCUT2D eigenvalue weighted by atomic mass is 10.1. The van der Waals surface area contributed by atoms with Gasteiger partial charge in [0, 0.05) is 13.0 Å². The van der Waals surface area contributed by atoms with Gasteiger partial charge in [-0.15, -0.1) is 0 Å². The molecule has 19 heavy (non-hydrogen) atoms. The van der Waals surface area contributed by atoms with Crippen molar-refractivity contribution in [2.24, 2.45) is 5.73 Å². The average molecular weight is 268 g/mol. The predicted octanol–water partition coefficient (Wildman–Crippen LogP) is 0.967. The first-order valence-electron chi connectivity index (χ1n) is 5.90. The van der Waals surface area contributed by atoms with E-state index < -0.39 is 11.8 Å². The molecule has 0 unspecified atom stereocenters. The number of hydrogen-bond donors (Lipinski definition) is 2.